The Balaban J connectivity index is 0.00000243. The van der Waals surface area contributed by atoms with Gasteiger partial charge >= 0.3 is 0 Å². The lowest BCUT2D eigenvalue weighted by molar-refractivity contribution is 0.0792. The van der Waals surface area contributed by atoms with E-state index in [0.717, 1.165) is 50.9 Å². The Hall–Kier alpha value is -0.860. The number of aliphatic imine (C=N–C) groups is 1. The van der Waals surface area contributed by atoms with Gasteiger partial charge in [0.2, 0.25) is 0 Å². The third-order valence-corrected chi connectivity index (χ3v) is 5.18. The minimum absolute atomic E-state index is 0. The quantitative estimate of drug-likeness (QED) is 0.339. The summed E-state index contributed by atoms with van der Waals surface area (Å²) in [7, 11) is 0. The van der Waals surface area contributed by atoms with E-state index in [9.17, 15) is 5.11 Å². The van der Waals surface area contributed by atoms with E-state index in [1.165, 1.54) is 17.5 Å². The molecular weight excluding hydrogens is 439 g/mol. The Kier molecular flexibility index (Phi) is 8.63. The van der Waals surface area contributed by atoms with Gasteiger partial charge in [-0.1, -0.05) is 31.2 Å². The second-order valence-electron chi connectivity index (χ2n) is 7.48. The monoisotopic (exact) mass is 472 g/mol. The highest BCUT2D eigenvalue weighted by Crippen LogP contribution is 2.28. The summed E-state index contributed by atoms with van der Waals surface area (Å²) >= 11 is 0. The number of likely N-dealkylation sites (tertiary alicyclic amines) is 1. The molecule has 1 aliphatic heterocycles. The molecule has 1 saturated heterocycles. The SMILES string of the molecule is CCNC(=NCc1ccc(CN2CCC(O)CC2)cc1)NC1CC1C.I. The van der Waals surface area contributed by atoms with Gasteiger partial charge in [0, 0.05) is 32.2 Å². The van der Waals surface area contributed by atoms with Gasteiger partial charge in [-0.2, -0.15) is 0 Å². The van der Waals surface area contributed by atoms with Crippen molar-refractivity contribution in [1.29, 1.82) is 0 Å². The molecule has 5 nitrogen and oxygen atoms in total. The van der Waals surface area contributed by atoms with Crippen molar-refractivity contribution in [3.8, 4) is 0 Å². The van der Waals surface area contributed by atoms with Crippen LogP contribution in [0.3, 0.4) is 0 Å². The number of aliphatic hydroxyl groups is 1. The molecule has 0 bridgehead atoms. The maximum absolute atomic E-state index is 9.60. The molecule has 0 radical (unpaired) electrons. The van der Waals surface area contributed by atoms with E-state index < -0.39 is 0 Å². The number of rotatable bonds is 6. The van der Waals surface area contributed by atoms with Gasteiger partial charge in [-0.05, 0) is 43.2 Å². The lowest BCUT2D eigenvalue weighted by Gasteiger charge is -2.29. The van der Waals surface area contributed by atoms with E-state index in [0.29, 0.717) is 12.6 Å². The van der Waals surface area contributed by atoms with Crippen LogP contribution < -0.4 is 10.6 Å². The lowest BCUT2D eigenvalue weighted by atomic mass is 10.1. The zero-order valence-corrected chi connectivity index (χ0v) is 18.3. The third kappa shape index (κ3) is 6.70. The molecular formula is C20H33IN4O. The molecule has 1 aromatic carbocycles. The molecule has 26 heavy (non-hydrogen) atoms. The largest absolute Gasteiger partial charge is 0.393 e. The maximum atomic E-state index is 9.60. The minimum atomic E-state index is -0.102. The van der Waals surface area contributed by atoms with Crippen molar-refractivity contribution in [3.63, 3.8) is 0 Å². The van der Waals surface area contributed by atoms with Gasteiger partial charge in [0.15, 0.2) is 5.96 Å². The zero-order valence-electron chi connectivity index (χ0n) is 15.9. The summed E-state index contributed by atoms with van der Waals surface area (Å²) in [6, 6.07) is 9.36. The van der Waals surface area contributed by atoms with Crippen LogP contribution in [0, 0.1) is 5.92 Å². The molecule has 6 heteroatoms. The minimum Gasteiger partial charge on any atom is -0.393 e. The lowest BCUT2D eigenvalue weighted by Crippen LogP contribution is -2.39. The van der Waals surface area contributed by atoms with Crippen LogP contribution in [0.1, 0.15) is 44.2 Å². The van der Waals surface area contributed by atoms with Crippen LogP contribution in [0.25, 0.3) is 0 Å². The first-order valence-corrected chi connectivity index (χ1v) is 9.67. The molecule has 146 valence electrons. The highest BCUT2D eigenvalue weighted by atomic mass is 127. The second kappa shape index (κ2) is 10.5. The average molecular weight is 472 g/mol. The fourth-order valence-electron chi connectivity index (χ4n) is 3.27. The molecule has 1 saturated carbocycles. The smallest absolute Gasteiger partial charge is 0.191 e. The van der Waals surface area contributed by atoms with Gasteiger partial charge in [-0.25, -0.2) is 4.99 Å². The van der Waals surface area contributed by atoms with Gasteiger partial charge < -0.3 is 15.7 Å². The number of nitrogens with one attached hydrogen (secondary N) is 2. The predicted molar refractivity (Wildman–Crippen MR) is 118 cm³/mol. The van der Waals surface area contributed by atoms with Crippen molar-refractivity contribution in [1.82, 2.24) is 15.5 Å². The number of piperidine rings is 1. The number of hydrogen-bond donors (Lipinski definition) is 3. The van der Waals surface area contributed by atoms with Crippen molar-refractivity contribution in [3.05, 3.63) is 35.4 Å². The molecule has 1 heterocycles. The number of aliphatic hydroxyl groups excluding tert-OH is 1. The molecule has 3 N–H and O–H groups in total. The fourth-order valence-corrected chi connectivity index (χ4v) is 3.27. The molecule has 2 fully saturated rings. The molecule has 0 spiro atoms. The molecule has 2 unspecified atom stereocenters. The maximum Gasteiger partial charge on any atom is 0.191 e. The first kappa shape index (κ1) is 21.4. The second-order valence-corrected chi connectivity index (χ2v) is 7.48. The molecule has 0 amide bonds. The predicted octanol–water partition coefficient (Wildman–Crippen LogP) is 2.72. The Bertz CT molecular complexity index is 570. The summed E-state index contributed by atoms with van der Waals surface area (Å²) in [5.74, 6) is 1.69. The summed E-state index contributed by atoms with van der Waals surface area (Å²) in [6.07, 6.45) is 2.93. The molecule has 1 aromatic rings. The van der Waals surface area contributed by atoms with Crippen LogP contribution in [0.15, 0.2) is 29.3 Å². The van der Waals surface area contributed by atoms with Crippen molar-refractivity contribution in [2.45, 2.75) is 58.3 Å². The van der Waals surface area contributed by atoms with E-state index in [1.807, 2.05) is 0 Å². The fraction of sp³-hybridized carbons (Fsp3) is 0.650. The number of guanidine groups is 1. The molecule has 3 rings (SSSR count). The van der Waals surface area contributed by atoms with Crippen LogP contribution in [0.4, 0.5) is 0 Å². The van der Waals surface area contributed by atoms with Crippen molar-refractivity contribution in [2.24, 2.45) is 10.9 Å². The summed E-state index contributed by atoms with van der Waals surface area (Å²) in [5, 5.41) is 16.4. The van der Waals surface area contributed by atoms with Crippen LogP contribution in [-0.2, 0) is 13.1 Å². The summed E-state index contributed by atoms with van der Waals surface area (Å²) in [5.41, 5.74) is 2.57. The summed E-state index contributed by atoms with van der Waals surface area (Å²) in [6.45, 7) is 8.91. The highest BCUT2D eigenvalue weighted by molar-refractivity contribution is 14.0. The van der Waals surface area contributed by atoms with E-state index in [4.69, 9.17) is 4.99 Å². The van der Waals surface area contributed by atoms with Crippen LogP contribution in [0.5, 0.6) is 0 Å². The molecule has 1 aliphatic carbocycles. The Morgan fingerprint density at radius 1 is 1.19 bits per heavy atom. The first-order valence-electron chi connectivity index (χ1n) is 9.67. The number of nitrogens with zero attached hydrogens (tertiary/aromatic N) is 2. The Morgan fingerprint density at radius 3 is 2.38 bits per heavy atom. The average Bonchev–Trinajstić information content (AvgIpc) is 3.31. The Labute approximate surface area is 174 Å². The normalized spacial score (nSPS) is 24.0. The summed E-state index contributed by atoms with van der Waals surface area (Å²) < 4.78 is 0. The van der Waals surface area contributed by atoms with Gasteiger partial charge in [0.05, 0.1) is 12.6 Å². The summed E-state index contributed by atoms with van der Waals surface area (Å²) in [4.78, 5) is 7.13. The van der Waals surface area contributed by atoms with Crippen molar-refractivity contribution < 1.29 is 5.11 Å². The van der Waals surface area contributed by atoms with E-state index >= 15 is 0 Å². The van der Waals surface area contributed by atoms with Crippen LogP contribution in [0.2, 0.25) is 0 Å². The topological polar surface area (TPSA) is 59.9 Å². The standard InChI is InChI=1S/C20H32N4O.HI/c1-3-21-20(23-19-12-15(19)2)22-13-16-4-6-17(7-5-16)14-24-10-8-18(25)9-11-24;/h4-7,15,18-19,25H,3,8-14H2,1-2H3,(H2,21,22,23);1H. The van der Waals surface area contributed by atoms with E-state index in [1.54, 1.807) is 0 Å². The van der Waals surface area contributed by atoms with Gasteiger partial charge in [0.25, 0.3) is 0 Å². The van der Waals surface area contributed by atoms with E-state index in [2.05, 4.69) is 53.6 Å². The number of hydrogen-bond acceptors (Lipinski definition) is 3. The van der Waals surface area contributed by atoms with Gasteiger partial charge in [-0.3, -0.25) is 4.90 Å². The zero-order chi connectivity index (χ0) is 17.6. The molecule has 2 atom stereocenters. The van der Waals surface area contributed by atoms with Crippen molar-refractivity contribution in [2.75, 3.05) is 19.6 Å². The Morgan fingerprint density at radius 2 is 1.81 bits per heavy atom. The van der Waals surface area contributed by atoms with Crippen LogP contribution in [-0.4, -0.2) is 47.7 Å². The van der Waals surface area contributed by atoms with E-state index in [-0.39, 0.29) is 30.1 Å². The highest BCUT2D eigenvalue weighted by Gasteiger charge is 2.33. The first-order chi connectivity index (χ1) is 12.1. The van der Waals surface area contributed by atoms with Gasteiger partial charge in [-0.15, -0.1) is 24.0 Å². The molecule has 2 aliphatic rings. The van der Waals surface area contributed by atoms with Gasteiger partial charge in [0.1, 0.15) is 0 Å². The molecule has 0 aromatic heterocycles. The van der Waals surface area contributed by atoms with Crippen LogP contribution >= 0.6 is 24.0 Å². The van der Waals surface area contributed by atoms with Crippen molar-refractivity contribution >= 4 is 29.9 Å². The number of benzene rings is 1. The number of halogens is 1. The third-order valence-electron chi connectivity index (χ3n) is 5.18.